The lowest BCUT2D eigenvalue weighted by Crippen LogP contribution is -2.46. The van der Waals surface area contributed by atoms with Gasteiger partial charge in [0.15, 0.2) is 0 Å². The van der Waals surface area contributed by atoms with Crippen molar-refractivity contribution in [3.05, 3.63) is 35.4 Å². The van der Waals surface area contributed by atoms with Gasteiger partial charge in [0.25, 0.3) is 0 Å². The van der Waals surface area contributed by atoms with E-state index in [2.05, 4.69) is 62.0 Å². The summed E-state index contributed by atoms with van der Waals surface area (Å²) in [5, 5.41) is 0. The Labute approximate surface area is 129 Å². The molecule has 0 amide bonds. The first-order valence-corrected chi connectivity index (χ1v) is 8.24. The highest BCUT2D eigenvalue weighted by molar-refractivity contribution is 5.36. The summed E-state index contributed by atoms with van der Waals surface area (Å²) in [4.78, 5) is 5.02. The molecule has 5 unspecified atom stereocenters. The Morgan fingerprint density at radius 2 is 1.76 bits per heavy atom. The number of rotatable bonds is 2. The van der Waals surface area contributed by atoms with Gasteiger partial charge in [-0.05, 0) is 43.5 Å². The van der Waals surface area contributed by atoms with Crippen molar-refractivity contribution in [1.29, 1.82) is 0 Å². The molecule has 0 bridgehead atoms. The predicted molar refractivity (Wildman–Crippen MR) is 88.4 cm³/mol. The van der Waals surface area contributed by atoms with E-state index in [1.807, 2.05) is 0 Å². The number of hydrogen-bond acceptors (Lipinski definition) is 3. The number of nitrogens with two attached hydrogens (primary N) is 1. The second-order valence-electron chi connectivity index (χ2n) is 7.32. The lowest BCUT2D eigenvalue weighted by atomic mass is 9.78. The second kappa shape index (κ2) is 5.71. The van der Waals surface area contributed by atoms with E-state index in [0.29, 0.717) is 18.0 Å². The predicted octanol–water partition coefficient (Wildman–Crippen LogP) is 2.44. The van der Waals surface area contributed by atoms with Crippen LogP contribution in [-0.2, 0) is 0 Å². The van der Waals surface area contributed by atoms with Crippen LogP contribution in [0.1, 0.15) is 43.4 Å². The van der Waals surface area contributed by atoms with Crippen LogP contribution in [0.3, 0.4) is 0 Å². The molecule has 3 nitrogen and oxygen atoms in total. The zero-order valence-corrected chi connectivity index (χ0v) is 13.8. The Hall–Kier alpha value is -0.900. The quantitative estimate of drug-likeness (QED) is 0.907. The third kappa shape index (κ3) is 2.63. The molecule has 116 valence electrons. The van der Waals surface area contributed by atoms with E-state index < -0.39 is 0 Å². The summed E-state index contributed by atoms with van der Waals surface area (Å²) in [6.07, 6.45) is 1.19. The van der Waals surface area contributed by atoms with Crippen molar-refractivity contribution in [2.75, 3.05) is 27.2 Å². The van der Waals surface area contributed by atoms with Crippen molar-refractivity contribution in [3.63, 3.8) is 0 Å². The molecule has 3 rings (SSSR count). The summed E-state index contributed by atoms with van der Waals surface area (Å²) in [6.45, 7) is 7.05. The van der Waals surface area contributed by atoms with Crippen molar-refractivity contribution in [2.45, 2.75) is 44.3 Å². The van der Waals surface area contributed by atoms with Crippen LogP contribution in [0.5, 0.6) is 0 Å². The van der Waals surface area contributed by atoms with E-state index >= 15 is 0 Å². The summed E-state index contributed by atoms with van der Waals surface area (Å²) in [7, 11) is 4.40. The lowest BCUT2D eigenvalue weighted by Gasteiger charge is -2.40. The van der Waals surface area contributed by atoms with Crippen molar-refractivity contribution in [3.8, 4) is 0 Å². The van der Waals surface area contributed by atoms with Crippen LogP contribution in [0.4, 0.5) is 0 Å². The Balaban J connectivity index is 1.82. The van der Waals surface area contributed by atoms with E-state index in [4.69, 9.17) is 5.73 Å². The van der Waals surface area contributed by atoms with Crippen LogP contribution in [0.25, 0.3) is 0 Å². The Morgan fingerprint density at radius 1 is 1.10 bits per heavy atom. The van der Waals surface area contributed by atoms with Gasteiger partial charge in [0.2, 0.25) is 0 Å². The third-order valence-corrected chi connectivity index (χ3v) is 5.63. The first-order chi connectivity index (χ1) is 9.99. The maximum atomic E-state index is 6.64. The van der Waals surface area contributed by atoms with Gasteiger partial charge < -0.3 is 10.6 Å². The zero-order valence-electron chi connectivity index (χ0n) is 13.8. The van der Waals surface area contributed by atoms with Gasteiger partial charge in [-0.25, -0.2) is 0 Å². The normalized spacial score (nSPS) is 37.0. The molecule has 3 heteroatoms. The molecule has 0 spiro atoms. The van der Waals surface area contributed by atoms with Crippen LogP contribution in [-0.4, -0.2) is 49.1 Å². The van der Waals surface area contributed by atoms with E-state index in [9.17, 15) is 0 Å². The molecule has 5 atom stereocenters. The van der Waals surface area contributed by atoms with Crippen molar-refractivity contribution in [1.82, 2.24) is 9.80 Å². The molecule has 0 saturated carbocycles. The number of likely N-dealkylation sites (N-methyl/N-ethyl adjacent to an activating group) is 1. The molecule has 0 radical (unpaired) electrons. The molecule has 21 heavy (non-hydrogen) atoms. The number of nitrogens with zero attached hydrogens (tertiary/aromatic N) is 2. The number of likely N-dealkylation sites (tertiary alicyclic amines) is 1. The van der Waals surface area contributed by atoms with E-state index in [-0.39, 0.29) is 6.04 Å². The van der Waals surface area contributed by atoms with Gasteiger partial charge in [-0.2, -0.15) is 0 Å². The van der Waals surface area contributed by atoms with Crippen LogP contribution < -0.4 is 5.73 Å². The summed E-state index contributed by atoms with van der Waals surface area (Å²) < 4.78 is 0. The topological polar surface area (TPSA) is 32.5 Å². The summed E-state index contributed by atoms with van der Waals surface area (Å²) in [6, 6.07) is 10.1. The van der Waals surface area contributed by atoms with E-state index in [0.717, 1.165) is 12.5 Å². The maximum absolute atomic E-state index is 6.64. The van der Waals surface area contributed by atoms with Gasteiger partial charge >= 0.3 is 0 Å². The molecule has 1 fully saturated rings. The fourth-order valence-electron chi connectivity index (χ4n) is 4.41. The highest BCUT2D eigenvalue weighted by Crippen LogP contribution is 2.40. The monoisotopic (exact) mass is 287 g/mol. The Kier molecular flexibility index (Phi) is 4.08. The van der Waals surface area contributed by atoms with Gasteiger partial charge in [-0.15, -0.1) is 0 Å². The van der Waals surface area contributed by atoms with Crippen molar-refractivity contribution in [2.24, 2.45) is 11.7 Å². The second-order valence-corrected chi connectivity index (χ2v) is 7.32. The summed E-state index contributed by atoms with van der Waals surface area (Å²) in [5.74, 6) is 1.33. The molecule has 1 heterocycles. The molecule has 1 aromatic rings. The fraction of sp³-hybridized carbons (Fsp3) is 0.667. The first-order valence-electron chi connectivity index (χ1n) is 8.24. The highest BCUT2D eigenvalue weighted by atomic mass is 15.3. The Morgan fingerprint density at radius 3 is 2.38 bits per heavy atom. The SMILES string of the molecule is CC1CC(N2CC(C)C(N(C)C)C2)C(N)c2ccccc21. The first kappa shape index (κ1) is 15.0. The lowest BCUT2D eigenvalue weighted by molar-refractivity contribution is 0.167. The maximum Gasteiger partial charge on any atom is 0.0456 e. The summed E-state index contributed by atoms with van der Waals surface area (Å²) in [5.41, 5.74) is 9.46. The smallest absolute Gasteiger partial charge is 0.0456 e. The van der Waals surface area contributed by atoms with Gasteiger partial charge in [-0.3, -0.25) is 4.90 Å². The highest BCUT2D eigenvalue weighted by Gasteiger charge is 2.40. The molecule has 0 aromatic heterocycles. The number of benzene rings is 1. The minimum Gasteiger partial charge on any atom is -0.323 e. The van der Waals surface area contributed by atoms with Crippen LogP contribution >= 0.6 is 0 Å². The average Bonchev–Trinajstić information content (AvgIpc) is 2.85. The van der Waals surface area contributed by atoms with Crippen LogP contribution in [0.2, 0.25) is 0 Å². The minimum atomic E-state index is 0.158. The molecular formula is C18H29N3. The van der Waals surface area contributed by atoms with E-state index in [1.165, 1.54) is 24.1 Å². The molecule has 2 N–H and O–H groups in total. The van der Waals surface area contributed by atoms with Crippen LogP contribution in [0.15, 0.2) is 24.3 Å². The molecular weight excluding hydrogens is 258 g/mol. The third-order valence-electron chi connectivity index (χ3n) is 5.63. The standard InChI is InChI=1S/C18H29N3/c1-12-9-16(18(19)15-8-6-5-7-14(12)15)21-10-13(2)17(11-21)20(3)4/h5-8,12-13,16-18H,9-11,19H2,1-4H3. The molecule has 1 aliphatic carbocycles. The van der Waals surface area contributed by atoms with E-state index in [1.54, 1.807) is 0 Å². The molecule has 2 aliphatic rings. The van der Waals surface area contributed by atoms with Crippen molar-refractivity contribution >= 4 is 0 Å². The van der Waals surface area contributed by atoms with Crippen LogP contribution in [0, 0.1) is 5.92 Å². The minimum absolute atomic E-state index is 0.158. The van der Waals surface area contributed by atoms with Crippen molar-refractivity contribution < 1.29 is 0 Å². The fourth-order valence-corrected chi connectivity index (χ4v) is 4.41. The summed E-state index contributed by atoms with van der Waals surface area (Å²) >= 11 is 0. The zero-order chi connectivity index (χ0) is 15.1. The van der Waals surface area contributed by atoms with Gasteiger partial charge in [0, 0.05) is 31.2 Å². The molecule has 1 aliphatic heterocycles. The number of hydrogen-bond donors (Lipinski definition) is 1. The Bertz CT molecular complexity index is 499. The number of fused-ring (bicyclic) bond motifs is 1. The molecule has 1 aromatic carbocycles. The largest absolute Gasteiger partial charge is 0.323 e. The van der Waals surface area contributed by atoms with Gasteiger partial charge in [-0.1, -0.05) is 38.1 Å². The van der Waals surface area contributed by atoms with Gasteiger partial charge in [0.05, 0.1) is 0 Å². The average molecular weight is 287 g/mol. The van der Waals surface area contributed by atoms with Gasteiger partial charge in [0.1, 0.15) is 0 Å². The molecule has 1 saturated heterocycles.